The summed E-state index contributed by atoms with van der Waals surface area (Å²) in [6.45, 7) is 3.36. The van der Waals surface area contributed by atoms with Gasteiger partial charge in [0.05, 0.1) is 13.2 Å². The summed E-state index contributed by atoms with van der Waals surface area (Å²) in [7, 11) is 0. The Bertz CT molecular complexity index is 825. The van der Waals surface area contributed by atoms with Gasteiger partial charge < -0.3 is 14.0 Å². The summed E-state index contributed by atoms with van der Waals surface area (Å²) >= 11 is 0. The molecule has 0 saturated heterocycles. The van der Waals surface area contributed by atoms with Gasteiger partial charge in [0.2, 0.25) is 5.82 Å². The molecule has 116 valence electrons. The summed E-state index contributed by atoms with van der Waals surface area (Å²) in [5.74, 6) is 2.52. The van der Waals surface area contributed by atoms with Crippen molar-refractivity contribution in [3.63, 3.8) is 0 Å². The number of fused-ring (bicyclic) bond motifs is 1. The Balaban J connectivity index is 1.66. The summed E-state index contributed by atoms with van der Waals surface area (Å²) < 4.78 is 16.7. The summed E-state index contributed by atoms with van der Waals surface area (Å²) in [6, 6.07) is 13.7. The molecule has 5 nitrogen and oxygen atoms in total. The summed E-state index contributed by atoms with van der Waals surface area (Å²) in [4.78, 5) is 4.48. The highest BCUT2D eigenvalue weighted by atomic mass is 16.5. The SMILES string of the molecule is Cc1ccc(-c2noc(-c3ccc4c(c3)OCCCO4)n2)cc1. The summed E-state index contributed by atoms with van der Waals surface area (Å²) in [6.07, 6.45) is 0.877. The topological polar surface area (TPSA) is 57.4 Å². The predicted molar refractivity (Wildman–Crippen MR) is 85.5 cm³/mol. The van der Waals surface area contributed by atoms with Gasteiger partial charge in [0.1, 0.15) is 0 Å². The molecule has 5 heteroatoms. The quantitative estimate of drug-likeness (QED) is 0.719. The van der Waals surface area contributed by atoms with E-state index >= 15 is 0 Å². The van der Waals surface area contributed by atoms with Crippen LogP contribution in [0.5, 0.6) is 11.5 Å². The second-order valence-corrected chi connectivity index (χ2v) is 5.50. The maximum absolute atomic E-state index is 5.70. The highest BCUT2D eigenvalue weighted by molar-refractivity contribution is 5.63. The van der Waals surface area contributed by atoms with E-state index in [1.165, 1.54) is 5.56 Å². The maximum atomic E-state index is 5.70. The third-order valence-corrected chi connectivity index (χ3v) is 3.73. The lowest BCUT2D eigenvalue weighted by Crippen LogP contribution is -1.97. The van der Waals surface area contributed by atoms with Gasteiger partial charge in [-0.2, -0.15) is 4.98 Å². The molecule has 1 aromatic heterocycles. The lowest BCUT2D eigenvalue weighted by atomic mass is 10.1. The molecule has 4 rings (SSSR count). The molecule has 0 amide bonds. The molecule has 3 aromatic rings. The third kappa shape index (κ3) is 2.77. The molecule has 0 saturated carbocycles. The molecule has 0 N–H and O–H groups in total. The second kappa shape index (κ2) is 5.76. The molecule has 0 spiro atoms. The number of rotatable bonds is 2. The molecule has 1 aliphatic heterocycles. The Hall–Kier alpha value is -2.82. The molecule has 1 aliphatic rings. The predicted octanol–water partition coefficient (Wildman–Crippen LogP) is 3.87. The van der Waals surface area contributed by atoms with Crippen LogP contribution in [0.4, 0.5) is 0 Å². The van der Waals surface area contributed by atoms with Crippen LogP contribution in [0.25, 0.3) is 22.8 Å². The molecule has 0 radical (unpaired) electrons. The molecule has 23 heavy (non-hydrogen) atoms. The molecule has 0 unspecified atom stereocenters. The van der Waals surface area contributed by atoms with Crippen molar-refractivity contribution in [3.05, 3.63) is 48.0 Å². The van der Waals surface area contributed by atoms with E-state index in [9.17, 15) is 0 Å². The van der Waals surface area contributed by atoms with Crippen LogP contribution in [-0.2, 0) is 0 Å². The van der Waals surface area contributed by atoms with Crippen LogP contribution in [0.3, 0.4) is 0 Å². The molecule has 2 heterocycles. The van der Waals surface area contributed by atoms with E-state index in [4.69, 9.17) is 14.0 Å². The zero-order valence-corrected chi connectivity index (χ0v) is 12.8. The fourth-order valence-corrected chi connectivity index (χ4v) is 2.46. The highest BCUT2D eigenvalue weighted by Crippen LogP contribution is 2.34. The number of hydrogen-bond donors (Lipinski definition) is 0. The Kier molecular flexibility index (Phi) is 3.46. The average Bonchev–Trinajstić information content (AvgIpc) is 2.94. The first-order valence-corrected chi connectivity index (χ1v) is 7.60. The lowest BCUT2D eigenvalue weighted by Gasteiger charge is -2.07. The van der Waals surface area contributed by atoms with Crippen LogP contribution in [0, 0.1) is 6.92 Å². The molecule has 0 aliphatic carbocycles. The smallest absolute Gasteiger partial charge is 0.258 e. The van der Waals surface area contributed by atoms with Gasteiger partial charge in [-0.1, -0.05) is 35.0 Å². The summed E-state index contributed by atoms with van der Waals surface area (Å²) in [5.41, 5.74) is 2.94. The van der Waals surface area contributed by atoms with Crippen LogP contribution in [-0.4, -0.2) is 23.4 Å². The van der Waals surface area contributed by atoms with Crippen molar-refractivity contribution in [2.24, 2.45) is 0 Å². The molecule has 0 bridgehead atoms. The molecule has 0 fully saturated rings. The van der Waals surface area contributed by atoms with E-state index < -0.39 is 0 Å². The van der Waals surface area contributed by atoms with Crippen LogP contribution >= 0.6 is 0 Å². The number of benzene rings is 2. The fraction of sp³-hybridized carbons (Fsp3) is 0.222. The minimum atomic E-state index is 0.469. The van der Waals surface area contributed by atoms with Gasteiger partial charge in [0.15, 0.2) is 11.5 Å². The largest absolute Gasteiger partial charge is 0.490 e. The Morgan fingerprint density at radius 1 is 0.870 bits per heavy atom. The van der Waals surface area contributed by atoms with Crippen molar-refractivity contribution in [2.45, 2.75) is 13.3 Å². The lowest BCUT2D eigenvalue weighted by molar-refractivity contribution is 0.297. The minimum absolute atomic E-state index is 0.469. The maximum Gasteiger partial charge on any atom is 0.258 e. The van der Waals surface area contributed by atoms with Crippen molar-refractivity contribution in [1.82, 2.24) is 10.1 Å². The van der Waals surface area contributed by atoms with E-state index in [0.717, 1.165) is 29.0 Å². The van der Waals surface area contributed by atoms with E-state index in [1.807, 2.05) is 49.4 Å². The first-order valence-electron chi connectivity index (χ1n) is 7.60. The first-order chi connectivity index (χ1) is 11.3. The van der Waals surface area contributed by atoms with Gasteiger partial charge in [-0.3, -0.25) is 0 Å². The first kappa shape index (κ1) is 13.8. The second-order valence-electron chi connectivity index (χ2n) is 5.50. The Morgan fingerprint density at radius 2 is 1.61 bits per heavy atom. The van der Waals surface area contributed by atoms with Crippen molar-refractivity contribution in [1.29, 1.82) is 0 Å². The van der Waals surface area contributed by atoms with Crippen LogP contribution < -0.4 is 9.47 Å². The van der Waals surface area contributed by atoms with Gasteiger partial charge in [-0.05, 0) is 25.1 Å². The molecule has 0 atom stereocenters. The van der Waals surface area contributed by atoms with Crippen molar-refractivity contribution >= 4 is 0 Å². The van der Waals surface area contributed by atoms with Gasteiger partial charge in [-0.15, -0.1) is 0 Å². The standard InChI is InChI=1S/C18H16N2O3/c1-12-3-5-13(6-4-12)17-19-18(23-20-17)14-7-8-15-16(11-14)22-10-2-9-21-15/h3-8,11H,2,9-10H2,1H3. The van der Waals surface area contributed by atoms with Gasteiger partial charge in [-0.25, -0.2) is 0 Å². The zero-order valence-electron chi connectivity index (χ0n) is 12.8. The van der Waals surface area contributed by atoms with E-state index in [2.05, 4.69) is 10.1 Å². The van der Waals surface area contributed by atoms with Crippen LogP contribution in [0.15, 0.2) is 47.0 Å². The van der Waals surface area contributed by atoms with E-state index in [0.29, 0.717) is 24.9 Å². The zero-order chi connectivity index (χ0) is 15.6. The number of aromatic nitrogens is 2. The van der Waals surface area contributed by atoms with Crippen molar-refractivity contribution < 1.29 is 14.0 Å². The number of nitrogens with zero attached hydrogens (tertiary/aromatic N) is 2. The normalized spacial score (nSPS) is 13.6. The molecular formula is C18H16N2O3. The van der Waals surface area contributed by atoms with Crippen molar-refractivity contribution in [3.8, 4) is 34.3 Å². The number of aryl methyl sites for hydroxylation is 1. The van der Waals surface area contributed by atoms with E-state index in [-0.39, 0.29) is 0 Å². The van der Waals surface area contributed by atoms with E-state index in [1.54, 1.807) is 0 Å². The Morgan fingerprint density at radius 3 is 2.43 bits per heavy atom. The minimum Gasteiger partial charge on any atom is -0.490 e. The molecular weight excluding hydrogens is 292 g/mol. The highest BCUT2D eigenvalue weighted by Gasteiger charge is 2.15. The van der Waals surface area contributed by atoms with Gasteiger partial charge in [0.25, 0.3) is 5.89 Å². The van der Waals surface area contributed by atoms with Gasteiger partial charge >= 0.3 is 0 Å². The summed E-state index contributed by atoms with van der Waals surface area (Å²) in [5, 5.41) is 4.06. The molecule has 2 aromatic carbocycles. The van der Waals surface area contributed by atoms with Crippen molar-refractivity contribution in [2.75, 3.05) is 13.2 Å². The monoisotopic (exact) mass is 308 g/mol. The number of ether oxygens (including phenoxy) is 2. The third-order valence-electron chi connectivity index (χ3n) is 3.73. The van der Waals surface area contributed by atoms with Gasteiger partial charge in [0, 0.05) is 17.5 Å². The Labute approximate surface area is 133 Å². The van der Waals surface area contributed by atoms with Crippen LogP contribution in [0.1, 0.15) is 12.0 Å². The number of hydrogen-bond acceptors (Lipinski definition) is 5. The fourth-order valence-electron chi connectivity index (χ4n) is 2.46. The van der Waals surface area contributed by atoms with Crippen LogP contribution in [0.2, 0.25) is 0 Å². The average molecular weight is 308 g/mol.